The normalized spacial score (nSPS) is 12.7. The van der Waals surface area contributed by atoms with E-state index in [1.807, 2.05) is 25.3 Å². The van der Waals surface area contributed by atoms with Gasteiger partial charge in [0.1, 0.15) is 6.10 Å². The number of aliphatic hydroxyl groups excluding tert-OH is 1. The minimum absolute atomic E-state index is 0.627. The largest absolute Gasteiger partial charge is 0.384 e. The molecule has 0 amide bonds. The molecule has 2 aromatic rings. The third-order valence-electron chi connectivity index (χ3n) is 2.55. The highest BCUT2D eigenvalue weighted by Crippen LogP contribution is 2.28. The summed E-state index contributed by atoms with van der Waals surface area (Å²) < 4.78 is 2.78. The number of hydrogen-bond donors (Lipinski definition) is 1. The highest BCUT2D eigenvalue weighted by molar-refractivity contribution is 14.1. The zero-order chi connectivity index (χ0) is 12.4. The Labute approximate surface area is 119 Å². The molecule has 0 spiro atoms. The Balaban J connectivity index is 2.35. The Morgan fingerprint density at radius 3 is 2.94 bits per heavy atom. The van der Waals surface area contributed by atoms with Crippen LogP contribution in [-0.2, 0) is 6.54 Å². The summed E-state index contributed by atoms with van der Waals surface area (Å²) in [5, 5.41) is 15.1. The Morgan fingerprint density at radius 1 is 1.53 bits per heavy atom. The van der Waals surface area contributed by atoms with Crippen LogP contribution in [-0.4, -0.2) is 14.9 Å². The van der Waals surface area contributed by atoms with Crippen molar-refractivity contribution in [3.8, 4) is 0 Å². The molecule has 1 heterocycles. The third kappa shape index (κ3) is 2.81. The van der Waals surface area contributed by atoms with Gasteiger partial charge < -0.3 is 5.11 Å². The van der Waals surface area contributed by atoms with Crippen LogP contribution in [0.2, 0.25) is 5.02 Å². The van der Waals surface area contributed by atoms with Crippen molar-refractivity contribution in [3.63, 3.8) is 0 Å². The monoisotopic (exact) mass is 362 g/mol. The van der Waals surface area contributed by atoms with Crippen molar-refractivity contribution in [2.75, 3.05) is 0 Å². The second-order valence-electron chi connectivity index (χ2n) is 3.70. The molecule has 1 aromatic carbocycles. The number of hydrogen-bond acceptors (Lipinski definition) is 2. The minimum Gasteiger partial charge on any atom is -0.384 e. The molecular weight excluding hydrogens is 351 g/mol. The number of rotatable bonds is 3. The molecule has 0 bridgehead atoms. The number of nitrogens with zero attached hydrogens (tertiary/aromatic N) is 2. The first-order valence-corrected chi connectivity index (χ1v) is 6.73. The van der Waals surface area contributed by atoms with Crippen molar-refractivity contribution in [1.29, 1.82) is 0 Å². The molecule has 1 unspecified atom stereocenters. The van der Waals surface area contributed by atoms with Gasteiger partial charge in [0.2, 0.25) is 0 Å². The highest BCUT2D eigenvalue weighted by Gasteiger charge is 2.15. The molecule has 0 aliphatic rings. The fraction of sp³-hybridized carbons (Fsp3) is 0.250. The molecule has 3 nitrogen and oxygen atoms in total. The lowest BCUT2D eigenvalue weighted by Gasteiger charge is -2.11. The highest BCUT2D eigenvalue weighted by atomic mass is 127. The Hall–Kier alpha value is -0.590. The van der Waals surface area contributed by atoms with Crippen LogP contribution in [0.25, 0.3) is 0 Å². The average molecular weight is 363 g/mol. The predicted molar refractivity (Wildman–Crippen MR) is 76.1 cm³/mol. The standard InChI is InChI=1S/C12H12ClIN2O/c1-2-16-7-8(6-15-16)12(17)10-5-9(13)3-4-11(10)14/h3-7,12,17H,2H2,1H3. The van der Waals surface area contributed by atoms with E-state index in [-0.39, 0.29) is 0 Å². The van der Waals surface area contributed by atoms with Crippen molar-refractivity contribution in [3.05, 3.63) is 50.3 Å². The fourth-order valence-electron chi connectivity index (χ4n) is 1.60. The van der Waals surface area contributed by atoms with Crippen molar-refractivity contribution in [2.45, 2.75) is 19.6 Å². The number of aromatic nitrogens is 2. The molecule has 0 saturated heterocycles. The van der Waals surface area contributed by atoms with E-state index in [1.54, 1.807) is 16.9 Å². The molecule has 1 aromatic heterocycles. The molecule has 0 aliphatic carbocycles. The first-order chi connectivity index (χ1) is 8.11. The number of halogens is 2. The van der Waals surface area contributed by atoms with Gasteiger partial charge in [-0.15, -0.1) is 0 Å². The first kappa shape index (κ1) is 12.9. The third-order valence-corrected chi connectivity index (χ3v) is 3.76. The zero-order valence-corrected chi connectivity index (χ0v) is 12.2. The van der Waals surface area contributed by atoms with Crippen molar-refractivity contribution >= 4 is 34.2 Å². The van der Waals surface area contributed by atoms with Crippen LogP contribution in [0.1, 0.15) is 24.2 Å². The summed E-state index contributed by atoms with van der Waals surface area (Å²) in [5.41, 5.74) is 1.60. The molecule has 5 heteroatoms. The van der Waals surface area contributed by atoms with Crippen LogP contribution in [0.15, 0.2) is 30.6 Å². The van der Waals surface area contributed by atoms with Gasteiger partial charge in [-0.25, -0.2) is 0 Å². The van der Waals surface area contributed by atoms with E-state index in [2.05, 4.69) is 27.7 Å². The van der Waals surface area contributed by atoms with Gasteiger partial charge in [-0.3, -0.25) is 4.68 Å². The van der Waals surface area contributed by atoms with Gasteiger partial charge in [0.15, 0.2) is 0 Å². The molecular formula is C12H12ClIN2O. The smallest absolute Gasteiger partial charge is 0.108 e. The maximum absolute atomic E-state index is 10.3. The summed E-state index contributed by atoms with van der Waals surface area (Å²) in [6.45, 7) is 2.80. The summed E-state index contributed by atoms with van der Waals surface area (Å²) in [6, 6.07) is 5.50. The van der Waals surface area contributed by atoms with Crippen LogP contribution in [0, 0.1) is 3.57 Å². The average Bonchev–Trinajstić information content (AvgIpc) is 2.80. The van der Waals surface area contributed by atoms with E-state index < -0.39 is 6.10 Å². The topological polar surface area (TPSA) is 38.0 Å². The van der Waals surface area contributed by atoms with E-state index in [1.165, 1.54) is 0 Å². The Kier molecular flexibility index (Phi) is 4.06. The summed E-state index contributed by atoms with van der Waals surface area (Å²) in [5.74, 6) is 0. The predicted octanol–water partition coefficient (Wildman–Crippen LogP) is 3.24. The second kappa shape index (κ2) is 5.37. The molecule has 2 rings (SSSR count). The summed E-state index contributed by atoms with van der Waals surface area (Å²) in [6.07, 6.45) is 2.85. The molecule has 0 radical (unpaired) electrons. The van der Waals surface area contributed by atoms with Crippen LogP contribution >= 0.6 is 34.2 Å². The lowest BCUT2D eigenvalue weighted by molar-refractivity contribution is 0.219. The number of aryl methyl sites for hydroxylation is 1. The maximum Gasteiger partial charge on any atom is 0.108 e. The molecule has 90 valence electrons. The van der Waals surface area contributed by atoms with E-state index in [0.717, 1.165) is 21.2 Å². The molecule has 17 heavy (non-hydrogen) atoms. The van der Waals surface area contributed by atoms with Crippen LogP contribution in [0.5, 0.6) is 0 Å². The maximum atomic E-state index is 10.3. The molecule has 0 saturated carbocycles. The van der Waals surface area contributed by atoms with Crippen molar-refractivity contribution in [1.82, 2.24) is 9.78 Å². The van der Waals surface area contributed by atoms with Gasteiger partial charge in [0.05, 0.1) is 6.20 Å². The molecule has 1 N–H and O–H groups in total. The Bertz CT molecular complexity index is 527. The minimum atomic E-state index is -0.680. The van der Waals surface area contributed by atoms with Gasteiger partial charge in [-0.05, 0) is 53.3 Å². The Morgan fingerprint density at radius 2 is 2.29 bits per heavy atom. The van der Waals surface area contributed by atoms with Crippen LogP contribution in [0.3, 0.4) is 0 Å². The molecule has 0 fully saturated rings. The molecule has 0 aliphatic heterocycles. The number of aliphatic hydroxyl groups is 1. The first-order valence-electron chi connectivity index (χ1n) is 5.27. The van der Waals surface area contributed by atoms with Gasteiger partial charge in [0, 0.05) is 26.9 Å². The van der Waals surface area contributed by atoms with Crippen molar-refractivity contribution < 1.29 is 5.11 Å². The lowest BCUT2D eigenvalue weighted by atomic mass is 10.1. The van der Waals surface area contributed by atoms with Crippen LogP contribution < -0.4 is 0 Å². The van der Waals surface area contributed by atoms with Crippen molar-refractivity contribution in [2.24, 2.45) is 0 Å². The summed E-state index contributed by atoms with van der Waals surface area (Å²) >= 11 is 8.13. The van der Waals surface area contributed by atoms with E-state index in [9.17, 15) is 5.11 Å². The second-order valence-corrected chi connectivity index (χ2v) is 5.30. The van der Waals surface area contributed by atoms with Crippen LogP contribution in [0.4, 0.5) is 0 Å². The van der Waals surface area contributed by atoms with E-state index in [4.69, 9.17) is 11.6 Å². The SMILES string of the molecule is CCn1cc(C(O)c2cc(Cl)ccc2I)cn1. The fourth-order valence-corrected chi connectivity index (χ4v) is 2.41. The van der Waals surface area contributed by atoms with Gasteiger partial charge >= 0.3 is 0 Å². The quantitative estimate of drug-likeness (QED) is 0.851. The number of benzene rings is 1. The van der Waals surface area contributed by atoms with Gasteiger partial charge in [-0.1, -0.05) is 11.6 Å². The zero-order valence-electron chi connectivity index (χ0n) is 9.27. The van der Waals surface area contributed by atoms with E-state index >= 15 is 0 Å². The summed E-state index contributed by atoms with van der Waals surface area (Å²) in [7, 11) is 0. The van der Waals surface area contributed by atoms with Gasteiger partial charge in [-0.2, -0.15) is 5.10 Å². The van der Waals surface area contributed by atoms with E-state index in [0.29, 0.717) is 5.02 Å². The molecule has 1 atom stereocenters. The lowest BCUT2D eigenvalue weighted by Crippen LogP contribution is -2.01. The van der Waals surface area contributed by atoms with Gasteiger partial charge in [0.25, 0.3) is 0 Å². The summed E-state index contributed by atoms with van der Waals surface area (Å²) in [4.78, 5) is 0.